The SMILES string of the molecule is CCn1cc(C(=O)N(C)C)c2cc(Cl)ccc21. The van der Waals surface area contributed by atoms with E-state index in [1.807, 2.05) is 24.4 Å². The molecule has 4 heteroatoms. The van der Waals surface area contributed by atoms with Crippen molar-refractivity contribution < 1.29 is 4.79 Å². The maximum absolute atomic E-state index is 12.1. The Bertz CT molecular complexity index is 572. The second kappa shape index (κ2) is 4.41. The molecular weight excluding hydrogens is 236 g/mol. The molecule has 0 saturated carbocycles. The van der Waals surface area contributed by atoms with Gasteiger partial charge in [0.25, 0.3) is 5.91 Å². The van der Waals surface area contributed by atoms with Crippen LogP contribution in [0.1, 0.15) is 17.3 Å². The number of rotatable bonds is 2. The Labute approximate surface area is 106 Å². The molecule has 0 spiro atoms. The number of hydrogen-bond acceptors (Lipinski definition) is 1. The molecule has 2 aromatic rings. The number of benzene rings is 1. The zero-order valence-corrected chi connectivity index (χ0v) is 11.0. The number of carbonyl (C=O) groups is 1. The molecule has 0 bridgehead atoms. The second-order valence-corrected chi connectivity index (χ2v) is 4.63. The molecule has 1 amide bonds. The van der Waals surface area contributed by atoms with Crippen LogP contribution in [-0.2, 0) is 6.54 Å². The standard InChI is InChI=1S/C13H15ClN2O/c1-4-16-8-11(13(17)15(2)3)10-7-9(14)5-6-12(10)16/h5-8H,4H2,1-3H3. The summed E-state index contributed by atoms with van der Waals surface area (Å²) >= 11 is 5.99. The first-order valence-corrected chi connectivity index (χ1v) is 5.92. The predicted molar refractivity (Wildman–Crippen MR) is 70.6 cm³/mol. The summed E-state index contributed by atoms with van der Waals surface area (Å²) in [5.74, 6) is 0.00414. The summed E-state index contributed by atoms with van der Waals surface area (Å²) in [7, 11) is 3.50. The highest BCUT2D eigenvalue weighted by molar-refractivity contribution is 6.31. The maximum Gasteiger partial charge on any atom is 0.255 e. The number of halogens is 1. The van der Waals surface area contributed by atoms with E-state index in [-0.39, 0.29) is 5.91 Å². The van der Waals surface area contributed by atoms with Crippen LogP contribution in [0.2, 0.25) is 5.02 Å². The highest BCUT2D eigenvalue weighted by atomic mass is 35.5. The summed E-state index contributed by atoms with van der Waals surface area (Å²) in [6, 6.07) is 5.65. The molecule has 0 aliphatic rings. The van der Waals surface area contributed by atoms with Crippen molar-refractivity contribution in [2.24, 2.45) is 0 Å². The third kappa shape index (κ3) is 2.03. The first kappa shape index (κ1) is 12.0. The fourth-order valence-electron chi connectivity index (χ4n) is 1.94. The molecule has 1 heterocycles. The van der Waals surface area contributed by atoms with Gasteiger partial charge in [0.2, 0.25) is 0 Å². The van der Waals surface area contributed by atoms with E-state index in [2.05, 4.69) is 11.5 Å². The summed E-state index contributed by atoms with van der Waals surface area (Å²) in [6.45, 7) is 2.89. The Balaban J connectivity index is 2.71. The van der Waals surface area contributed by atoms with E-state index in [4.69, 9.17) is 11.6 Å². The molecular formula is C13H15ClN2O. The molecule has 1 aromatic heterocycles. The average Bonchev–Trinajstić information content (AvgIpc) is 2.65. The zero-order valence-electron chi connectivity index (χ0n) is 10.2. The van der Waals surface area contributed by atoms with E-state index in [1.165, 1.54) is 0 Å². The van der Waals surface area contributed by atoms with Crippen LogP contribution in [-0.4, -0.2) is 29.5 Å². The van der Waals surface area contributed by atoms with Gasteiger partial charge in [-0.1, -0.05) is 11.6 Å². The van der Waals surface area contributed by atoms with E-state index in [0.717, 1.165) is 17.4 Å². The summed E-state index contributed by atoms with van der Waals surface area (Å²) in [4.78, 5) is 13.6. The quantitative estimate of drug-likeness (QED) is 0.804. The topological polar surface area (TPSA) is 25.2 Å². The van der Waals surface area contributed by atoms with Crippen molar-refractivity contribution in [3.05, 3.63) is 35.0 Å². The number of nitrogens with zero attached hydrogens (tertiary/aromatic N) is 2. The van der Waals surface area contributed by atoms with Crippen LogP contribution in [0.5, 0.6) is 0 Å². The van der Waals surface area contributed by atoms with Crippen LogP contribution in [0, 0.1) is 0 Å². The molecule has 0 radical (unpaired) electrons. The first-order valence-electron chi connectivity index (χ1n) is 5.54. The zero-order chi connectivity index (χ0) is 12.6. The van der Waals surface area contributed by atoms with E-state index in [1.54, 1.807) is 19.0 Å². The molecule has 2 rings (SSSR count). The first-order chi connectivity index (χ1) is 8.04. The summed E-state index contributed by atoms with van der Waals surface area (Å²) in [6.07, 6.45) is 1.89. The molecule has 0 aliphatic carbocycles. The van der Waals surface area contributed by atoms with E-state index in [9.17, 15) is 4.79 Å². The molecule has 0 saturated heterocycles. The Kier molecular flexibility index (Phi) is 3.11. The Hall–Kier alpha value is -1.48. The number of hydrogen-bond donors (Lipinski definition) is 0. The highest BCUT2D eigenvalue weighted by Gasteiger charge is 2.16. The van der Waals surface area contributed by atoms with Gasteiger partial charge in [0, 0.05) is 42.8 Å². The number of amides is 1. The lowest BCUT2D eigenvalue weighted by Gasteiger charge is -2.08. The van der Waals surface area contributed by atoms with Crippen molar-refractivity contribution in [2.75, 3.05) is 14.1 Å². The monoisotopic (exact) mass is 250 g/mol. The minimum atomic E-state index is 0.00414. The summed E-state index contributed by atoms with van der Waals surface area (Å²) in [5, 5.41) is 1.57. The van der Waals surface area contributed by atoms with Crippen LogP contribution in [0.4, 0.5) is 0 Å². The van der Waals surface area contributed by atoms with Gasteiger partial charge in [-0.15, -0.1) is 0 Å². The van der Waals surface area contributed by atoms with Gasteiger partial charge >= 0.3 is 0 Å². The van der Waals surface area contributed by atoms with Gasteiger partial charge in [0.05, 0.1) is 5.56 Å². The van der Waals surface area contributed by atoms with Gasteiger partial charge in [-0.05, 0) is 25.1 Å². The number of aromatic nitrogens is 1. The van der Waals surface area contributed by atoms with Gasteiger partial charge in [-0.25, -0.2) is 0 Å². The third-order valence-corrected chi connectivity index (χ3v) is 3.06. The van der Waals surface area contributed by atoms with Crippen molar-refractivity contribution in [3.63, 3.8) is 0 Å². The normalized spacial score (nSPS) is 10.8. The predicted octanol–water partition coefficient (Wildman–Crippen LogP) is 3.02. The third-order valence-electron chi connectivity index (χ3n) is 2.82. The van der Waals surface area contributed by atoms with E-state index >= 15 is 0 Å². The van der Waals surface area contributed by atoms with E-state index < -0.39 is 0 Å². The molecule has 3 nitrogen and oxygen atoms in total. The Morgan fingerprint density at radius 2 is 2.12 bits per heavy atom. The largest absolute Gasteiger partial charge is 0.347 e. The smallest absolute Gasteiger partial charge is 0.255 e. The molecule has 17 heavy (non-hydrogen) atoms. The fourth-order valence-corrected chi connectivity index (χ4v) is 2.11. The van der Waals surface area contributed by atoms with Crippen molar-refractivity contribution in [3.8, 4) is 0 Å². The van der Waals surface area contributed by atoms with Crippen molar-refractivity contribution in [1.82, 2.24) is 9.47 Å². The van der Waals surface area contributed by atoms with Crippen molar-refractivity contribution in [1.29, 1.82) is 0 Å². The Morgan fingerprint density at radius 1 is 1.41 bits per heavy atom. The average molecular weight is 251 g/mol. The highest BCUT2D eigenvalue weighted by Crippen LogP contribution is 2.25. The van der Waals surface area contributed by atoms with Gasteiger partial charge in [-0.3, -0.25) is 4.79 Å². The summed E-state index contributed by atoms with van der Waals surface area (Å²) in [5.41, 5.74) is 1.75. The van der Waals surface area contributed by atoms with Gasteiger partial charge in [0.15, 0.2) is 0 Å². The summed E-state index contributed by atoms with van der Waals surface area (Å²) < 4.78 is 2.06. The molecule has 0 unspecified atom stereocenters. The number of fused-ring (bicyclic) bond motifs is 1. The van der Waals surface area contributed by atoms with Crippen LogP contribution in [0.3, 0.4) is 0 Å². The van der Waals surface area contributed by atoms with Gasteiger partial charge in [-0.2, -0.15) is 0 Å². The maximum atomic E-state index is 12.1. The second-order valence-electron chi connectivity index (χ2n) is 4.19. The lowest BCUT2D eigenvalue weighted by atomic mass is 10.1. The van der Waals surface area contributed by atoms with Gasteiger partial charge < -0.3 is 9.47 Å². The van der Waals surface area contributed by atoms with Crippen molar-refractivity contribution >= 4 is 28.4 Å². The molecule has 90 valence electrons. The van der Waals surface area contributed by atoms with Crippen LogP contribution in [0.15, 0.2) is 24.4 Å². The molecule has 0 atom stereocenters. The molecule has 0 N–H and O–H groups in total. The van der Waals surface area contributed by atoms with Crippen LogP contribution in [0.25, 0.3) is 10.9 Å². The lowest BCUT2D eigenvalue weighted by Crippen LogP contribution is -2.21. The van der Waals surface area contributed by atoms with Gasteiger partial charge in [0.1, 0.15) is 0 Å². The molecule has 0 aliphatic heterocycles. The number of aryl methyl sites for hydroxylation is 1. The number of carbonyl (C=O) groups excluding carboxylic acids is 1. The minimum Gasteiger partial charge on any atom is -0.347 e. The molecule has 1 aromatic carbocycles. The lowest BCUT2D eigenvalue weighted by molar-refractivity contribution is 0.0829. The fraction of sp³-hybridized carbons (Fsp3) is 0.308. The van der Waals surface area contributed by atoms with Crippen LogP contribution < -0.4 is 0 Å². The molecule has 0 fully saturated rings. The Morgan fingerprint density at radius 3 is 2.71 bits per heavy atom. The van der Waals surface area contributed by atoms with Crippen LogP contribution >= 0.6 is 11.6 Å². The van der Waals surface area contributed by atoms with E-state index in [0.29, 0.717) is 10.6 Å². The minimum absolute atomic E-state index is 0.00414. The van der Waals surface area contributed by atoms with Crippen molar-refractivity contribution in [2.45, 2.75) is 13.5 Å².